The second-order valence-corrected chi connectivity index (χ2v) is 7.38. The molecular weight excluding hydrogens is 346 g/mol. The van der Waals surface area contributed by atoms with Crippen LogP contribution in [0.3, 0.4) is 0 Å². The van der Waals surface area contributed by atoms with Crippen LogP contribution in [0, 0.1) is 0 Å². The van der Waals surface area contributed by atoms with Crippen molar-refractivity contribution in [3.8, 4) is 0 Å². The van der Waals surface area contributed by atoms with Gasteiger partial charge in [-0.05, 0) is 41.8 Å². The molecule has 2 aromatic carbocycles. The molecule has 1 amide bonds. The third-order valence-electron chi connectivity index (χ3n) is 4.35. The monoisotopic (exact) mass is 363 g/mol. The van der Waals surface area contributed by atoms with Gasteiger partial charge in [0.2, 0.25) is 5.56 Å². The van der Waals surface area contributed by atoms with E-state index in [9.17, 15) is 9.59 Å². The van der Waals surface area contributed by atoms with Crippen LogP contribution in [-0.4, -0.2) is 15.9 Å². The zero-order chi connectivity index (χ0) is 18.3. The van der Waals surface area contributed by atoms with E-state index < -0.39 is 0 Å². The SMILES string of the molecule is CC(C)c1cc(=O)[nH]c2cc(NC(=O)c3ccc4ncsc4c3)ccc12. The third-order valence-corrected chi connectivity index (χ3v) is 5.14. The van der Waals surface area contributed by atoms with Crippen LogP contribution in [0.2, 0.25) is 0 Å². The van der Waals surface area contributed by atoms with E-state index in [1.807, 2.05) is 24.3 Å². The smallest absolute Gasteiger partial charge is 0.255 e. The summed E-state index contributed by atoms with van der Waals surface area (Å²) in [5.41, 5.74) is 5.44. The standard InChI is InChI=1S/C20H17N3O2S/c1-11(2)15-9-19(24)23-17-8-13(4-5-14(15)17)22-20(25)12-3-6-16-18(7-12)26-10-21-16/h3-11H,1-2H3,(H,22,25)(H,23,24). The summed E-state index contributed by atoms with van der Waals surface area (Å²) in [7, 11) is 0. The second-order valence-electron chi connectivity index (χ2n) is 6.49. The first kappa shape index (κ1) is 16.5. The maximum atomic E-state index is 12.6. The molecule has 0 saturated carbocycles. The van der Waals surface area contributed by atoms with Crippen LogP contribution in [0.5, 0.6) is 0 Å². The van der Waals surface area contributed by atoms with E-state index in [4.69, 9.17) is 0 Å². The highest BCUT2D eigenvalue weighted by atomic mass is 32.1. The summed E-state index contributed by atoms with van der Waals surface area (Å²) in [6, 6.07) is 12.7. The number of hydrogen-bond donors (Lipinski definition) is 2. The Bertz CT molecular complexity index is 1190. The van der Waals surface area contributed by atoms with Gasteiger partial charge in [-0.15, -0.1) is 11.3 Å². The lowest BCUT2D eigenvalue weighted by Crippen LogP contribution is -2.12. The topological polar surface area (TPSA) is 74.8 Å². The zero-order valence-corrected chi connectivity index (χ0v) is 15.2. The van der Waals surface area contributed by atoms with E-state index in [1.54, 1.807) is 23.7 Å². The van der Waals surface area contributed by atoms with E-state index in [0.717, 1.165) is 26.7 Å². The average Bonchev–Trinajstić information content (AvgIpc) is 3.08. The summed E-state index contributed by atoms with van der Waals surface area (Å²) in [5.74, 6) is 0.0494. The Morgan fingerprint density at radius 3 is 2.81 bits per heavy atom. The van der Waals surface area contributed by atoms with Crippen molar-refractivity contribution in [1.29, 1.82) is 0 Å². The first-order valence-corrected chi connectivity index (χ1v) is 9.21. The number of rotatable bonds is 3. The maximum absolute atomic E-state index is 12.6. The lowest BCUT2D eigenvalue weighted by molar-refractivity contribution is 0.102. The number of thiazole rings is 1. The number of pyridine rings is 1. The largest absolute Gasteiger partial charge is 0.322 e. The zero-order valence-electron chi connectivity index (χ0n) is 14.4. The van der Waals surface area contributed by atoms with Crippen LogP contribution in [-0.2, 0) is 0 Å². The molecule has 4 aromatic rings. The fourth-order valence-electron chi connectivity index (χ4n) is 3.04. The number of carbonyl (C=O) groups excluding carboxylic acids is 1. The minimum absolute atomic E-state index is 0.139. The van der Waals surface area contributed by atoms with Gasteiger partial charge in [-0.2, -0.15) is 0 Å². The molecule has 0 aliphatic carbocycles. The van der Waals surface area contributed by atoms with Crippen LogP contribution in [0.4, 0.5) is 5.69 Å². The number of fused-ring (bicyclic) bond motifs is 2. The second kappa shape index (κ2) is 6.38. The van der Waals surface area contributed by atoms with Crippen molar-refractivity contribution >= 4 is 44.1 Å². The minimum atomic E-state index is -0.193. The molecule has 0 bridgehead atoms. The Morgan fingerprint density at radius 2 is 2.00 bits per heavy atom. The van der Waals surface area contributed by atoms with Gasteiger partial charge < -0.3 is 10.3 Å². The summed E-state index contributed by atoms with van der Waals surface area (Å²) in [6.45, 7) is 4.11. The van der Waals surface area contributed by atoms with Gasteiger partial charge in [-0.3, -0.25) is 9.59 Å². The third kappa shape index (κ3) is 2.99. The number of aromatic nitrogens is 2. The van der Waals surface area contributed by atoms with E-state index in [1.165, 1.54) is 11.3 Å². The van der Waals surface area contributed by atoms with Crippen LogP contribution < -0.4 is 10.9 Å². The number of benzene rings is 2. The van der Waals surface area contributed by atoms with Crippen molar-refractivity contribution < 1.29 is 4.79 Å². The normalized spacial score (nSPS) is 11.3. The van der Waals surface area contributed by atoms with Gasteiger partial charge in [0.05, 0.1) is 21.2 Å². The number of H-pyrrole nitrogens is 1. The fourth-order valence-corrected chi connectivity index (χ4v) is 3.76. The van der Waals surface area contributed by atoms with Gasteiger partial charge in [0.25, 0.3) is 5.91 Å². The van der Waals surface area contributed by atoms with E-state index in [2.05, 4.69) is 29.1 Å². The molecule has 0 saturated heterocycles. The predicted molar refractivity (Wildman–Crippen MR) is 106 cm³/mol. The Kier molecular flexibility index (Phi) is 4.05. The van der Waals surface area contributed by atoms with Gasteiger partial charge in [0, 0.05) is 22.7 Å². The summed E-state index contributed by atoms with van der Waals surface area (Å²) in [5, 5.41) is 3.89. The molecule has 6 heteroatoms. The lowest BCUT2D eigenvalue weighted by Gasteiger charge is -2.11. The molecule has 0 aliphatic heterocycles. The molecule has 0 spiro atoms. The first-order valence-electron chi connectivity index (χ1n) is 8.33. The Morgan fingerprint density at radius 1 is 1.15 bits per heavy atom. The molecule has 0 atom stereocenters. The van der Waals surface area contributed by atoms with Crippen molar-refractivity contribution in [2.75, 3.05) is 5.32 Å². The number of amides is 1. The highest BCUT2D eigenvalue weighted by molar-refractivity contribution is 7.16. The summed E-state index contributed by atoms with van der Waals surface area (Å²) >= 11 is 1.50. The van der Waals surface area contributed by atoms with Crippen LogP contribution >= 0.6 is 11.3 Å². The highest BCUT2D eigenvalue weighted by Gasteiger charge is 2.11. The predicted octanol–water partition coefficient (Wildman–Crippen LogP) is 4.51. The van der Waals surface area contributed by atoms with E-state index in [-0.39, 0.29) is 17.4 Å². The molecule has 0 fully saturated rings. The van der Waals surface area contributed by atoms with Gasteiger partial charge in [0.1, 0.15) is 0 Å². The van der Waals surface area contributed by atoms with Crippen molar-refractivity contribution in [2.24, 2.45) is 0 Å². The first-order chi connectivity index (χ1) is 12.5. The van der Waals surface area contributed by atoms with Gasteiger partial charge in [-0.1, -0.05) is 19.9 Å². The number of carbonyl (C=O) groups is 1. The number of aromatic amines is 1. The van der Waals surface area contributed by atoms with Gasteiger partial charge in [0.15, 0.2) is 0 Å². The highest BCUT2D eigenvalue weighted by Crippen LogP contribution is 2.25. The molecule has 0 aliphatic rings. The summed E-state index contributed by atoms with van der Waals surface area (Å²) < 4.78 is 0.974. The van der Waals surface area contributed by atoms with Crippen molar-refractivity contribution in [3.05, 3.63) is 69.5 Å². The number of nitrogens with one attached hydrogen (secondary N) is 2. The fraction of sp³-hybridized carbons (Fsp3) is 0.150. The molecule has 2 aromatic heterocycles. The Hall–Kier alpha value is -2.99. The molecule has 26 heavy (non-hydrogen) atoms. The van der Waals surface area contributed by atoms with Crippen molar-refractivity contribution in [1.82, 2.24) is 9.97 Å². The summed E-state index contributed by atoms with van der Waals surface area (Å²) in [6.07, 6.45) is 0. The average molecular weight is 363 g/mol. The lowest BCUT2D eigenvalue weighted by atomic mass is 9.99. The van der Waals surface area contributed by atoms with E-state index >= 15 is 0 Å². The molecule has 4 rings (SSSR count). The van der Waals surface area contributed by atoms with Crippen LogP contribution in [0.15, 0.2) is 52.8 Å². The summed E-state index contributed by atoms with van der Waals surface area (Å²) in [4.78, 5) is 31.5. The molecule has 5 nitrogen and oxygen atoms in total. The Labute approximate surface area is 153 Å². The molecule has 2 N–H and O–H groups in total. The van der Waals surface area contributed by atoms with Gasteiger partial charge >= 0.3 is 0 Å². The number of hydrogen-bond acceptors (Lipinski definition) is 4. The van der Waals surface area contributed by atoms with E-state index in [0.29, 0.717) is 11.3 Å². The van der Waals surface area contributed by atoms with Crippen LogP contribution in [0.25, 0.3) is 21.1 Å². The molecule has 2 heterocycles. The van der Waals surface area contributed by atoms with Gasteiger partial charge in [-0.25, -0.2) is 4.98 Å². The minimum Gasteiger partial charge on any atom is -0.322 e. The maximum Gasteiger partial charge on any atom is 0.255 e. The molecule has 0 unspecified atom stereocenters. The molecule has 0 radical (unpaired) electrons. The van der Waals surface area contributed by atoms with Crippen molar-refractivity contribution in [3.63, 3.8) is 0 Å². The Balaban J connectivity index is 1.68. The molecule has 130 valence electrons. The number of nitrogens with zero attached hydrogens (tertiary/aromatic N) is 1. The van der Waals surface area contributed by atoms with Crippen molar-refractivity contribution in [2.45, 2.75) is 19.8 Å². The van der Waals surface area contributed by atoms with Crippen LogP contribution in [0.1, 0.15) is 35.7 Å². The molecular formula is C20H17N3O2S. The number of anilines is 1. The quantitative estimate of drug-likeness (QED) is 0.562.